The molecular formula is C9H11N5O2S. The number of benzene rings is 1. The summed E-state index contributed by atoms with van der Waals surface area (Å²) in [5.74, 6) is 0.571. The highest BCUT2D eigenvalue weighted by Crippen LogP contribution is 2.19. The van der Waals surface area contributed by atoms with Crippen molar-refractivity contribution in [1.29, 1.82) is 0 Å². The van der Waals surface area contributed by atoms with Crippen molar-refractivity contribution in [2.24, 2.45) is 7.05 Å². The van der Waals surface area contributed by atoms with Gasteiger partial charge in [-0.25, -0.2) is 13.1 Å². The van der Waals surface area contributed by atoms with E-state index in [0.717, 1.165) is 11.8 Å². The van der Waals surface area contributed by atoms with Gasteiger partial charge in [-0.15, -0.1) is 5.10 Å². The Morgan fingerprint density at radius 2 is 2.12 bits per heavy atom. The Hall–Kier alpha value is -1.96. The van der Waals surface area contributed by atoms with Crippen LogP contribution in [-0.4, -0.2) is 34.9 Å². The summed E-state index contributed by atoms with van der Waals surface area (Å²) < 4.78 is 26.1. The van der Waals surface area contributed by atoms with Gasteiger partial charge in [-0.2, -0.15) is 0 Å². The standard InChI is InChI=1S/C9H11N5O2S/c1-14-9(10-12-13-14)7-4-3-5-8(6-7)11-17(2,15)16/h3-6,11H,1-2H3. The summed E-state index contributed by atoms with van der Waals surface area (Å²) >= 11 is 0. The Morgan fingerprint density at radius 1 is 1.35 bits per heavy atom. The molecule has 0 aliphatic rings. The fourth-order valence-electron chi connectivity index (χ4n) is 1.41. The van der Waals surface area contributed by atoms with Crippen molar-refractivity contribution in [3.63, 3.8) is 0 Å². The highest BCUT2D eigenvalue weighted by Gasteiger charge is 2.07. The number of rotatable bonds is 3. The lowest BCUT2D eigenvalue weighted by Gasteiger charge is -2.05. The third-order valence-electron chi connectivity index (χ3n) is 2.04. The third-order valence-corrected chi connectivity index (χ3v) is 2.65. The van der Waals surface area contributed by atoms with E-state index < -0.39 is 10.0 Å². The Labute approximate surface area is 98.5 Å². The summed E-state index contributed by atoms with van der Waals surface area (Å²) in [4.78, 5) is 0. The number of nitrogens with one attached hydrogen (secondary N) is 1. The lowest BCUT2D eigenvalue weighted by molar-refractivity contribution is 0.607. The minimum atomic E-state index is -3.28. The van der Waals surface area contributed by atoms with Gasteiger partial charge in [-0.05, 0) is 22.6 Å². The van der Waals surface area contributed by atoms with E-state index in [1.807, 2.05) is 0 Å². The highest BCUT2D eigenvalue weighted by atomic mass is 32.2. The van der Waals surface area contributed by atoms with Crippen molar-refractivity contribution >= 4 is 15.7 Å². The fraction of sp³-hybridized carbons (Fsp3) is 0.222. The van der Waals surface area contributed by atoms with Gasteiger partial charge in [0, 0.05) is 18.3 Å². The molecule has 0 aliphatic heterocycles. The summed E-state index contributed by atoms with van der Waals surface area (Å²) in [5.41, 5.74) is 1.22. The SMILES string of the molecule is Cn1nnnc1-c1cccc(NS(C)(=O)=O)c1. The van der Waals surface area contributed by atoms with Crippen LogP contribution in [0.5, 0.6) is 0 Å². The maximum Gasteiger partial charge on any atom is 0.229 e. The molecule has 0 fully saturated rings. The van der Waals surface area contributed by atoms with Crippen molar-refractivity contribution < 1.29 is 8.42 Å². The highest BCUT2D eigenvalue weighted by molar-refractivity contribution is 7.92. The molecule has 0 saturated carbocycles. The smallest absolute Gasteiger partial charge is 0.229 e. The van der Waals surface area contributed by atoms with E-state index in [0.29, 0.717) is 11.5 Å². The summed E-state index contributed by atoms with van der Waals surface area (Å²) in [6.07, 6.45) is 1.10. The molecule has 1 heterocycles. The van der Waals surface area contributed by atoms with Gasteiger partial charge in [-0.3, -0.25) is 4.72 Å². The van der Waals surface area contributed by atoms with Gasteiger partial charge in [0.25, 0.3) is 0 Å². The summed E-state index contributed by atoms with van der Waals surface area (Å²) in [6.45, 7) is 0. The van der Waals surface area contributed by atoms with Crippen LogP contribution >= 0.6 is 0 Å². The Balaban J connectivity index is 2.39. The van der Waals surface area contributed by atoms with E-state index in [4.69, 9.17) is 0 Å². The molecule has 0 radical (unpaired) electrons. The van der Waals surface area contributed by atoms with Crippen LogP contribution in [0.25, 0.3) is 11.4 Å². The molecular weight excluding hydrogens is 242 g/mol. The number of aryl methyl sites for hydroxylation is 1. The van der Waals surface area contributed by atoms with Gasteiger partial charge in [0.15, 0.2) is 5.82 Å². The van der Waals surface area contributed by atoms with Gasteiger partial charge < -0.3 is 0 Å². The zero-order valence-electron chi connectivity index (χ0n) is 9.32. The van der Waals surface area contributed by atoms with Crippen LogP contribution in [0, 0.1) is 0 Å². The van der Waals surface area contributed by atoms with E-state index in [1.165, 1.54) is 4.68 Å². The number of hydrogen-bond donors (Lipinski definition) is 1. The monoisotopic (exact) mass is 253 g/mol. The van der Waals surface area contributed by atoms with E-state index in [1.54, 1.807) is 31.3 Å². The van der Waals surface area contributed by atoms with Crippen molar-refractivity contribution in [3.05, 3.63) is 24.3 Å². The molecule has 7 nitrogen and oxygen atoms in total. The number of hydrogen-bond acceptors (Lipinski definition) is 5. The van der Waals surface area contributed by atoms with Crippen LogP contribution in [0.4, 0.5) is 5.69 Å². The molecule has 1 N–H and O–H groups in total. The molecule has 0 unspecified atom stereocenters. The number of tetrazole rings is 1. The maximum absolute atomic E-state index is 11.1. The second-order valence-corrected chi connectivity index (χ2v) is 5.33. The first-order valence-electron chi connectivity index (χ1n) is 4.76. The number of nitrogens with zero attached hydrogens (tertiary/aromatic N) is 4. The number of aromatic nitrogens is 4. The van der Waals surface area contributed by atoms with Crippen LogP contribution in [-0.2, 0) is 17.1 Å². The molecule has 1 aromatic heterocycles. The lowest BCUT2D eigenvalue weighted by Crippen LogP contribution is -2.09. The molecule has 2 aromatic rings. The quantitative estimate of drug-likeness (QED) is 0.846. The molecule has 0 aliphatic carbocycles. The van der Waals surface area contributed by atoms with Crippen molar-refractivity contribution in [2.45, 2.75) is 0 Å². The maximum atomic E-state index is 11.1. The Morgan fingerprint density at radius 3 is 2.71 bits per heavy atom. The van der Waals surface area contributed by atoms with Crippen LogP contribution in [0.15, 0.2) is 24.3 Å². The molecule has 0 bridgehead atoms. The van der Waals surface area contributed by atoms with Gasteiger partial charge >= 0.3 is 0 Å². The van der Waals surface area contributed by atoms with Gasteiger partial charge in [0.1, 0.15) is 0 Å². The molecule has 0 spiro atoms. The average Bonchev–Trinajstić information content (AvgIpc) is 2.62. The normalized spacial score (nSPS) is 11.4. The summed E-state index contributed by atoms with van der Waals surface area (Å²) in [6, 6.07) is 6.87. The third kappa shape index (κ3) is 2.78. The first-order valence-corrected chi connectivity index (χ1v) is 6.65. The first-order chi connectivity index (χ1) is 7.96. The van der Waals surface area contributed by atoms with Gasteiger partial charge in [-0.1, -0.05) is 12.1 Å². The summed E-state index contributed by atoms with van der Waals surface area (Å²) in [5, 5.41) is 11.1. The van der Waals surface area contributed by atoms with Crippen LogP contribution in [0.2, 0.25) is 0 Å². The molecule has 1 aromatic carbocycles. The largest absolute Gasteiger partial charge is 0.284 e. The minimum Gasteiger partial charge on any atom is -0.284 e. The topological polar surface area (TPSA) is 89.8 Å². The predicted octanol–water partition coefficient (Wildman–Crippen LogP) is 0.249. The molecule has 90 valence electrons. The average molecular weight is 253 g/mol. The van der Waals surface area contributed by atoms with Gasteiger partial charge in [0.05, 0.1) is 6.26 Å². The fourth-order valence-corrected chi connectivity index (χ4v) is 1.96. The molecule has 0 atom stereocenters. The number of anilines is 1. The Kier molecular flexibility index (Phi) is 2.80. The first kappa shape index (κ1) is 11.5. The van der Waals surface area contributed by atoms with Crippen molar-refractivity contribution in [1.82, 2.24) is 20.2 Å². The Bertz CT molecular complexity index is 634. The second kappa shape index (κ2) is 4.13. The van der Waals surface area contributed by atoms with E-state index >= 15 is 0 Å². The van der Waals surface area contributed by atoms with Crippen LogP contribution in [0.1, 0.15) is 0 Å². The van der Waals surface area contributed by atoms with Crippen molar-refractivity contribution in [3.8, 4) is 11.4 Å². The number of sulfonamides is 1. The van der Waals surface area contributed by atoms with Gasteiger partial charge in [0.2, 0.25) is 10.0 Å². The van der Waals surface area contributed by atoms with Crippen molar-refractivity contribution in [2.75, 3.05) is 11.0 Å². The lowest BCUT2D eigenvalue weighted by atomic mass is 10.2. The zero-order chi connectivity index (χ0) is 12.5. The minimum absolute atomic E-state index is 0.480. The van der Waals surface area contributed by atoms with E-state index in [2.05, 4.69) is 20.2 Å². The predicted molar refractivity (Wildman–Crippen MR) is 62.7 cm³/mol. The molecule has 0 saturated heterocycles. The van der Waals surface area contributed by atoms with E-state index in [9.17, 15) is 8.42 Å². The molecule has 8 heteroatoms. The zero-order valence-corrected chi connectivity index (χ0v) is 10.1. The molecule has 2 rings (SSSR count). The molecule has 17 heavy (non-hydrogen) atoms. The van der Waals surface area contributed by atoms with Crippen LogP contribution in [0.3, 0.4) is 0 Å². The van der Waals surface area contributed by atoms with Crippen LogP contribution < -0.4 is 4.72 Å². The van der Waals surface area contributed by atoms with E-state index in [-0.39, 0.29) is 0 Å². The summed E-state index contributed by atoms with van der Waals surface area (Å²) in [7, 11) is -1.57. The second-order valence-electron chi connectivity index (χ2n) is 3.58. The molecule has 0 amide bonds.